The fourth-order valence-electron chi connectivity index (χ4n) is 2.07. The van der Waals surface area contributed by atoms with Crippen LogP contribution in [0.2, 0.25) is 0 Å². The van der Waals surface area contributed by atoms with Gasteiger partial charge in [0.15, 0.2) is 0 Å². The molecule has 1 heterocycles. The Bertz CT molecular complexity index is 576. The second-order valence-corrected chi connectivity index (χ2v) is 4.58. The molecule has 1 unspecified atom stereocenters. The molecular weight excluding hydrogens is 265 g/mol. The molecule has 0 aliphatic heterocycles. The number of aromatic nitrogens is 1. The molecular formula is C15H15F3N2. The number of aryl methyl sites for hydroxylation is 1. The molecule has 0 saturated heterocycles. The lowest BCUT2D eigenvalue weighted by molar-refractivity contribution is -0.137. The summed E-state index contributed by atoms with van der Waals surface area (Å²) in [6.45, 7) is 1.86. The third kappa shape index (κ3) is 3.17. The average molecular weight is 280 g/mol. The quantitative estimate of drug-likeness (QED) is 0.927. The number of benzene rings is 1. The minimum absolute atomic E-state index is 0.314. The first-order chi connectivity index (χ1) is 9.41. The van der Waals surface area contributed by atoms with E-state index in [2.05, 4.69) is 10.3 Å². The number of hydrogen-bond acceptors (Lipinski definition) is 2. The van der Waals surface area contributed by atoms with Crippen LogP contribution in [-0.4, -0.2) is 12.0 Å². The molecule has 2 rings (SSSR count). The van der Waals surface area contributed by atoms with Gasteiger partial charge >= 0.3 is 6.18 Å². The van der Waals surface area contributed by atoms with Crippen molar-refractivity contribution >= 4 is 0 Å². The lowest BCUT2D eigenvalue weighted by atomic mass is 9.98. The molecule has 1 N–H and O–H groups in total. The molecule has 20 heavy (non-hydrogen) atoms. The van der Waals surface area contributed by atoms with Crippen molar-refractivity contribution in [3.8, 4) is 0 Å². The molecule has 0 saturated carbocycles. The summed E-state index contributed by atoms with van der Waals surface area (Å²) in [5.74, 6) is 0. The molecule has 0 bridgehead atoms. The summed E-state index contributed by atoms with van der Waals surface area (Å²) in [7, 11) is 1.71. The van der Waals surface area contributed by atoms with E-state index in [1.54, 1.807) is 19.3 Å². The molecule has 106 valence electrons. The van der Waals surface area contributed by atoms with E-state index in [1.165, 1.54) is 12.1 Å². The Labute approximate surface area is 115 Å². The summed E-state index contributed by atoms with van der Waals surface area (Å²) in [6.07, 6.45) is -2.66. The van der Waals surface area contributed by atoms with E-state index in [0.717, 1.165) is 17.3 Å². The van der Waals surface area contributed by atoms with Gasteiger partial charge in [-0.05, 0) is 43.3 Å². The molecule has 0 spiro atoms. The van der Waals surface area contributed by atoms with Gasteiger partial charge in [-0.3, -0.25) is 4.98 Å². The van der Waals surface area contributed by atoms with Crippen LogP contribution >= 0.6 is 0 Å². The number of halogens is 3. The van der Waals surface area contributed by atoms with Crippen molar-refractivity contribution in [1.29, 1.82) is 0 Å². The summed E-state index contributed by atoms with van der Waals surface area (Å²) in [6, 6.07) is 8.73. The van der Waals surface area contributed by atoms with Crippen LogP contribution in [0.1, 0.15) is 28.4 Å². The predicted molar refractivity (Wildman–Crippen MR) is 71.3 cm³/mol. The largest absolute Gasteiger partial charge is 0.416 e. The highest BCUT2D eigenvalue weighted by Gasteiger charge is 2.31. The van der Waals surface area contributed by atoms with Crippen LogP contribution in [-0.2, 0) is 6.18 Å². The minimum Gasteiger partial charge on any atom is -0.309 e. The number of nitrogens with one attached hydrogen (secondary N) is 1. The molecule has 5 heteroatoms. The molecule has 2 nitrogen and oxygen atoms in total. The molecule has 0 amide bonds. The molecule has 0 radical (unpaired) electrons. The number of alkyl halides is 3. The van der Waals surface area contributed by atoms with Crippen molar-refractivity contribution in [3.63, 3.8) is 0 Å². The molecule has 1 aromatic heterocycles. The first-order valence-corrected chi connectivity index (χ1v) is 6.19. The Morgan fingerprint density at radius 2 is 1.85 bits per heavy atom. The van der Waals surface area contributed by atoms with Crippen LogP contribution in [0, 0.1) is 6.92 Å². The maximum atomic E-state index is 12.8. The van der Waals surface area contributed by atoms with Gasteiger partial charge in [0.25, 0.3) is 0 Å². The van der Waals surface area contributed by atoms with Gasteiger partial charge in [-0.15, -0.1) is 0 Å². The Kier molecular flexibility index (Phi) is 4.09. The van der Waals surface area contributed by atoms with Crippen LogP contribution in [0.4, 0.5) is 13.2 Å². The maximum Gasteiger partial charge on any atom is 0.416 e. The highest BCUT2D eigenvalue weighted by molar-refractivity contribution is 5.34. The Morgan fingerprint density at radius 3 is 2.40 bits per heavy atom. The van der Waals surface area contributed by atoms with Gasteiger partial charge in [0.05, 0.1) is 11.6 Å². The third-order valence-corrected chi connectivity index (χ3v) is 3.10. The van der Waals surface area contributed by atoms with Gasteiger partial charge in [-0.25, -0.2) is 0 Å². The standard InChI is InChI=1S/C15H15F3N2/c1-10-6-7-12(9-20-10)14(19-2)11-4-3-5-13(8-11)15(16,17)18/h3-9,14,19H,1-2H3. The average Bonchev–Trinajstić information content (AvgIpc) is 2.41. The molecule has 2 aromatic rings. The summed E-state index contributed by atoms with van der Waals surface area (Å²) in [4.78, 5) is 4.18. The number of hydrogen-bond donors (Lipinski definition) is 1. The summed E-state index contributed by atoms with van der Waals surface area (Å²) < 4.78 is 38.3. The van der Waals surface area contributed by atoms with Crippen LogP contribution in [0.15, 0.2) is 42.6 Å². The lowest BCUT2D eigenvalue weighted by Gasteiger charge is -2.18. The van der Waals surface area contributed by atoms with Crippen molar-refractivity contribution in [2.45, 2.75) is 19.1 Å². The molecule has 0 aliphatic carbocycles. The first-order valence-electron chi connectivity index (χ1n) is 6.19. The summed E-state index contributed by atoms with van der Waals surface area (Å²) in [5, 5.41) is 3.03. The van der Waals surface area contributed by atoms with Crippen molar-refractivity contribution < 1.29 is 13.2 Å². The molecule has 0 aliphatic rings. The molecule has 0 fully saturated rings. The van der Waals surface area contributed by atoms with Gasteiger partial charge < -0.3 is 5.32 Å². The van der Waals surface area contributed by atoms with Crippen molar-refractivity contribution in [1.82, 2.24) is 10.3 Å². The topological polar surface area (TPSA) is 24.9 Å². The van der Waals surface area contributed by atoms with E-state index in [9.17, 15) is 13.2 Å². The highest BCUT2D eigenvalue weighted by Crippen LogP contribution is 2.31. The SMILES string of the molecule is CNC(c1ccc(C)nc1)c1cccc(C(F)(F)F)c1. The van der Waals surface area contributed by atoms with Gasteiger partial charge in [0.2, 0.25) is 0 Å². The first kappa shape index (κ1) is 14.5. The van der Waals surface area contributed by atoms with Crippen LogP contribution in [0.5, 0.6) is 0 Å². The summed E-state index contributed by atoms with van der Waals surface area (Å²) in [5.41, 5.74) is 1.62. The van der Waals surface area contributed by atoms with Crippen molar-refractivity contribution in [3.05, 3.63) is 65.0 Å². The second-order valence-electron chi connectivity index (χ2n) is 4.58. The maximum absolute atomic E-state index is 12.8. The van der Waals surface area contributed by atoms with Gasteiger partial charge in [0.1, 0.15) is 0 Å². The Morgan fingerprint density at radius 1 is 1.10 bits per heavy atom. The molecule has 1 atom stereocenters. The fourth-order valence-corrected chi connectivity index (χ4v) is 2.07. The van der Waals surface area contributed by atoms with Crippen LogP contribution in [0.3, 0.4) is 0 Å². The van der Waals surface area contributed by atoms with E-state index in [1.807, 2.05) is 19.1 Å². The van der Waals surface area contributed by atoms with Crippen molar-refractivity contribution in [2.75, 3.05) is 7.05 Å². The highest BCUT2D eigenvalue weighted by atomic mass is 19.4. The van der Waals surface area contributed by atoms with Crippen molar-refractivity contribution in [2.24, 2.45) is 0 Å². The van der Waals surface area contributed by atoms with E-state index in [4.69, 9.17) is 0 Å². The Hall–Kier alpha value is -1.88. The van der Waals surface area contributed by atoms with E-state index >= 15 is 0 Å². The van der Waals surface area contributed by atoms with Gasteiger partial charge in [-0.2, -0.15) is 13.2 Å². The zero-order chi connectivity index (χ0) is 14.8. The summed E-state index contributed by atoms with van der Waals surface area (Å²) >= 11 is 0. The van der Waals surface area contributed by atoms with Gasteiger partial charge in [0, 0.05) is 11.9 Å². The van der Waals surface area contributed by atoms with Crippen LogP contribution < -0.4 is 5.32 Å². The third-order valence-electron chi connectivity index (χ3n) is 3.10. The van der Waals surface area contributed by atoms with E-state index in [0.29, 0.717) is 5.56 Å². The lowest BCUT2D eigenvalue weighted by Crippen LogP contribution is -2.18. The van der Waals surface area contributed by atoms with Gasteiger partial charge in [-0.1, -0.05) is 18.2 Å². The molecule has 1 aromatic carbocycles. The number of rotatable bonds is 3. The Balaban J connectivity index is 2.39. The fraction of sp³-hybridized carbons (Fsp3) is 0.267. The smallest absolute Gasteiger partial charge is 0.309 e. The zero-order valence-electron chi connectivity index (χ0n) is 11.2. The second kappa shape index (κ2) is 5.63. The van der Waals surface area contributed by atoms with Crippen LogP contribution in [0.25, 0.3) is 0 Å². The normalized spacial score (nSPS) is 13.2. The van der Waals surface area contributed by atoms with E-state index in [-0.39, 0.29) is 6.04 Å². The van der Waals surface area contributed by atoms with E-state index < -0.39 is 11.7 Å². The number of nitrogens with zero attached hydrogens (tertiary/aromatic N) is 1. The monoisotopic (exact) mass is 280 g/mol. The number of pyridine rings is 1. The predicted octanol–water partition coefficient (Wildman–Crippen LogP) is 3.72. The zero-order valence-corrected chi connectivity index (χ0v) is 11.2. The minimum atomic E-state index is -4.33.